The number of carbonyl (C=O) groups is 1. The van der Waals surface area contributed by atoms with Gasteiger partial charge in [0, 0.05) is 18.3 Å². The van der Waals surface area contributed by atoms with Crippen LogP contribution in [0.3, 0.4) is 0 Å². The van der Waals surface area contributed by atoms with E-state index in [-0.39, 0.29) is 12.1 Å². The van der Waals surface area contributed by atoms with E-state index in [0.717, 1.165) is 10.8 Å². The normalized spacial score (nSPS) is 28.7. The van der Waals surface area contributed by atoms with Crippen LogP contribution in [0.2, 0.25) is 0 Å². The van der Waals surface area contributed by atoms with E-state index in [4.69, 9.17) is 9.84 Å². The van der Waals surface area contributed by atoms with Crippen molar-refractivity contribution >= 4 is 5.97 Å². The number of aliphatic hydroxyl groups is 2. The van der Waals surface area contributed by atoms with Crippen LogP contribution in [0.5, 0.6) is 0 Å². The molecular formula is C11H15N3O7. The molecule has 1 aromatic rings. The lowest BCUT2D eigenvalue weighted by Crippen LogP contribution is -2.39. The van der Waals surface area contributed by atoms with Crippen molar-refractivity contribution in [3.63, 3.8) is 0 Å². The van der Waals surface area contributed by atoms with Gasteiger partial charge in [-0.2, -0.15) is 0 Å². The van der Waals surface area contributed by atoms with E-state index in [1.54, 1.807) is 7.05 Å². The van der Waals surface area contributed by atoms with E-state index in [2.05, 4.69) is 5.32 Å². The third-order valence-electron chi connectivity index (χ3n) is 3.16. The second kappa shape index (κ2) is 5.77. The summed E-state index contributed by atoms with van der Waals surface area (Å²) < 4.78 is 5.86. The number of ether oxygens (including phenoxy) is 1. The first kappa shape index (κ1) is 15.4. The molecule has 0 amide bonds. The minimum atomic E-state index is -1.68. The molecule has 10 nitrogen and oxygen atoms in total. The first-order chi connectivity index (χ1) is 9.86. The molecule has 0 radical (unpaired) electrons. The number of aromatic amines is 1. The molecular weight excluding hydrogens is 286 g/mol. The fraction of sp³-hybridized carbons (Fsp3) is 0.545. The number of hydrogen-bond acceptors (Lipinski definition) is 7. The predicted molar refractivity (Wildman–Crippen MR) is 67.6 cm³/mol. The van der Waals surface area contributed by atoms with Gasteiger partial charge in [0.05, 0.1) is 0 Å². The first-order valence-electron chi connectivity index (χ1n) is 6.10. The number of hydrogen-bond donors (Lipinski definition) is 5. The topological polar surface area (TPSA) is 154 Å². The van der Waals surface area contributed by atoms with Crippen molar-refractivity contribution in [2.45, 2.75) is 31.1 Å². The summed E-state index contributed by atoms with van der Waals surface area (Å²) in [6.45, 7) is 0.156. The highest BCUT2D eigenvalue weighted by Gasteiger charge is 2.47. The highest BCUT2D eigenvalue weighted by atomic mass is 16.6. The van der Waals surface area contributed by atoms with Crippen molar-refractivity contribution in [2.24, 2.45) is 0 Å². The summed E-state index contributed by atoms with van der Waals surface area (Å²) >= 11 is 0. The Labute approximate surface area is 117 Å². The Morgan fingerprint density at radius 2 is 2.10 bits per heavy atom. The molecule has 4 atom stereocenters. The summed E-state index contributed by atoms with van der Waals surface area (Å²) in [5, 5.41) is 31.1. The number of carboxylic acids is 1. The molecule has 10 heteroatoms. The average Bonchev–Trinajstić information content (AvgIpc) is 2.70. The van der Waals surface area contributed by atoms with Crippen LogP contribution in [0.1, 0.15) is 11.8 Å². The van der Waals surface area contributed by atoms with Gasteiger partial charge in [-0.1, -0.05) is 0 Å². The Balaban J connectivity index is 2.42. The smallest absolute Gasteiger partial charge is 0.335 e. The lowest BCUT2D eigenvalue weighted by molar-refractivity contribution is -0.155. The second-order valence-electron chi connectivity index (χ2n) is 4.62. The molecule has 1 aliphatic rings. The number of carboxylic acid groups (broad SMARTS) is 1. The fourth-order valence-electron chi connectivity index (χ4n) is 2.13. The van der Waals surface area contributed by atoms with Crippen molar-refractivity contribution in [3.05, 3.63) is 32.6 Å². The summed E-state index contributed by atoms with van der Waals surface area (Å²) in [5.41, 5.74) is -1.28. The first-order valence-corrected chi connectivity index (χ1v) is 6.10. The van der Waals surface area contributed by atoms with Crippen molar-refractivity contribution in [1.29, 1.82) is 0 Å². The lowest BCUT2D eigenvalue weighted by atomic mass is 10.1. The standard InChI is InChI=1S/C11H15N3O7/c1-12-2-4-3-14(11(20)13-8(4)17)9-6(16)5(15)7(21-9)10(18)19/h3,5-7,9,12,15-16H,2H2,1H3,(H,18,19)(H,13,17,20)/t5-,6+,7-,9+/m0/s1. The van der Waals surface area contributed by atoms with Gasteiger partial charge in [0.25, 0.3) is 5.56 Å². The maximum Gasteiger partial charge on any atom is 0.335 e. The number of aliphatic carboxylic acids is 1. The number of H-pyrrole nitrogens is 1. The molecule has 1 aliphatic heterocycles. The van der Waals surface area contributed by atoms with Crippen LogP contribution in [0.4, 0.5) is 0 Å². The van der Waals surface area contributed by atoms with E-state index in [9.17, 15) is 24.6 Å². The zero-order valence-corrected chi connectivity index (χ0v) is 11.0. The van der Waals surface area contributed by atoms with E-state index in [0.29, 0.717) is 0 Å². The molecule has 1 fully saturated rings. The second-order valence-corrected chi connectivity index (χ2v) is 4.62. The Kier molecular flexibility index (Phi) is 4.23. The number of rotatable bonds is 4. The molecule has 0 bridgehead atoms. The number of nitrogens with one attached hydrogen (secondary N) is 2. The Bertz CT molecular complexity index is 652. The zero-order chi connectivity index (χ0) is 15.7. The van der Waals surface area contributed by atoms with Crippen LogP contribution in [0.25, 0.3) is 0 Å². The largest absolute Gasteiger partial charge is 0.479 e. The number of aliphatic hydroxyl groups excluding tert-OH is 2. The van der Waals surface area contributed by atoms with Crippen molar-refractivity contribution in [2.75, 3.05) is 7.05 Å². The van der Waals surface area contributed by atoms with Gasteiger partial charge in [-0.05, 0) is 7.05 Å². The van der Waals surface area contributed by atoms with Crippen molar-refractivity contribution in [3.8, 4) is 0 Å². The summed E-state index contributed by atoms with van der Waals surface area (Å²) in [5.74, 6) is -1.46. The quantitative estimate of drug-likeness (QED) is 0.393. The van der Waals surface area contributed by atoms with Gasteiger partial charge in [-0.25, -0.2) is 9.59 Å². The minimum Gasteiger partial charge on any atom is -0.479 e. The van der Waals surface area contributed by atoms with Crippen LogP contribution in [0, 0.1) is 0 Å². The van der Waals surface area contributed by atoms with Crippen molar-refractivity contribution < 1.29 is 24.9 Å². The Morgan fingerprint density at radius 1 is 1.43 bits per heavy atom. The Morgan fingerprint density at radius 3 is 2.62 bits per heavy atom. The molecule has 2 rings (SSSR count). The molecule has 2 heterocycles. The average molecular weight is 301 g/mol. The summed E-state index contributed by atoms with van der Waals surface area (Å²) in [6, 6.07) is 0. The monoisotopic (exact) mass is 301 g/mol. The van der Waals surface area contributed by atoms with Gasteiger partial charge in [-0.15, -0.1) is 0 Å². The molecule has 1 aromatic heterocycles. The summed E-state index contributed by atoms with van der Waals surface area (Å²) in [4.78, 5) is 36.3. The highest BCUT2D eigenvalue weighted by molar-refractivity contribution is 5.73. The van der Waals surface area contributed by atoms with Gasteiger partial charge in [0.1, 0.15) is 12.2 Å². The van der Waals surface area contributed by atoms with E-state index in [1.807, 2.05) is 4.98 Å². The van der Waals surface area contributed by atoms with Crippen molar-refractivity contribution in [1.82, 2.24) is 14.9 Å². The minimum absolute atomic E-state index is 0.156. The Hall–Kier alpha value is -2.01. The van der Waals surface area contributed by atoms with Crippen LogP contribution < -0.4 is 16.6 Å². The maximum atomic E-state index is 11.8. The fourth-order valence-corrected chi connectivity index (χ4v) is 2.13. The van der Waals surface area contributed by atoms with Crippen LogP contribution in [-0.2, 0) is 16.1 Å². The zero-order valence-electron chi connectivity index (χ0n) is 11.0. The van der Waals surface area contributed by atoms with Gasteiger partial charge in [0.2, 0.25) is 0 Å². The van der Waals surface area contributed by atoms with E-state index < -0.39 is 41.8 Å². The SMILES string of the molecule is CNCc1cn([C@@H]2O[C@H](C(=O)O)[C@@H](O)[C@H]2O)c(=O)[nH]c1=O. The molecule has 116 valence electrons. The predicted octanol–water partition coefficient (Wildman–Crippen LogP) is -3.04. The highest BCUT2D eigenvalue weighted by Crippen LogP contribution is 2.28. The summed E-state index contributed by atoms with van der Waals surface area (Å²) in [6.07, 6.45) is -5.20. The van der Waals surface area contributed by atoms with E-state index in [1.165, 1.54) is 0 Å². The molecule has 5 N–H and O–H groups in total. The van der Waals surface area contributed by atoms with Crippen LogP contribution >= 0.6 is 0 Å². The van der Waals surface area contributed by atoms with Gasteiger partial charge in [0.15, 0.2) is 12.3 Å². The molecule has 0 aromatic carbocycles. The number of aromatic nitrogens is 2. The number of nitrogens with zero attached hydrogens (tertiary/aromatic N) is 1. The molecule has 0 aliphatic carbocycles. The molecule has 0 unspecified atom stereocenters. The van der Waals surface area contributed by atoms with Gasteiger partial charge in [-0.3, -0.25) is 14.3 Å². The van der Waals surface area contributed by atoms with Crippen LogP contribution in [-0.4, -0.2) is 56.2 Å². The third-order valence-corrected chi connectivity index (χ3v) is 3.16. The van der Waals surface area contributed by atoms with Gasteiger partial charge < -0.3 is 25.4 Å². The lowest BCUT2D eigenvalue weighted by Gasteiger charge is -2.17. The molecule has 1 saturated heterocycles. The molecule has 0 spiro atoms. The summed E-state index contributed by atoms with van der Waals surface area (Å²) in [7, 11) is 1.60. The molecule has 21 heavy (non-hydrogen) atoms. The van der Waals surface area contributed by atoms with E-state index >= 15 is 0 Å². The molecule has 0 saturated carbocycles. The van der Waals surface area contributed by atoms with Crippen LogP contribution in [0.15, 0.2) is 15.8 Å². The maximum absolute atomic E-state index is 11.8. The van der Waals surface area contributed by atoms with Gasteiger partial charge >= 0.3 is 11.7 Å². The third kappa shape index (κ3) is 2.74.